The minimum Gasteiger partial charge on any atom is -0.497 e. The molecule has 2 saturated heterocycles. The molecule has 2 atom stereocenters. The standard InChI is InChI=1S/C17H27N3O/c1-14-13-16(7-8-18-14)20-11-9-19(10-12-20)15-3-5-17(21-2)6-4-15/h3-6,14,16,18H,7-13H2,1-2H3. The molecular weight excluding hydrogens is 262 g/mol. The lowest BCUT2D eigenvalue weighted by Crippen LogP contribution is -2.54. The average molecular weight is 289 g/mol. The van der Waals surface area contributed by atoms with Gasteiger partial charge in [0.2, 0.25) is 0 Å². The fourth-order valence-corrected chi connectivity index (χ4v) is 3.58. The summed E-state index contributed by atoms with van der Waals surface area (Å²) in [5.41, 5.74) is 1.31. The van der Waals surface area contributed by atoms with Crippen molar-refractivity contribution in [3.63, 3.8) is 0 Å². The van der Waals surface area contributed by atoms with E-state index >= 15 is 0 Å². The molecule has 2 aliphatic heterocycles. The molecule has 2 aliphatic rings. The molecule has 1 aromatic rings. The smallest absolute Gasteiger partial charge is 0.119 e. The Bertz CT molecular complexity index is 440. The highest BCUT2D eigenvalue weighted by Gasteiger charge is 2.27. The molecule has 0 amide bonds. The summed E-state index contributed by atoms with van der Waals surface area (Å²) >= 11 is 0. The number of hydrogen-bond donors (Lipinski definition) is 1. The zero-order valence-corrected chi connectivity index (χ0v) is 13.2. The second kappa shape index (κ2) is 6.67. The van der Waals surface area contributed by atoms with Crippen molar-refractivity contribution in [2.24, 2.45) is 0 Å². The van der Waals surface area contributed by atoms with Gasteiger partial charge in [-0.2, -0.15) is 0 Å². The van der Waals surface area contributed by atoms with Gasteiger partial charge in [0.15, 0.2) is 0 Å². The van der Waals surface area contributed by atoms with Gasteiger partial charge in [-0.15, -0.1) is 0 Å². The molecule has 0 bridgehead atoms. The minimum absolute atomic E-state index is 0.670. The Hall–Kier alpha value is -1.26. The van der Waals surface area contributed by atoms with E-state index in [0.717, 1.165) is 24.9 Å². The lowest BCUT2D eigenvalue weighted by molar-refractivity contribution is 0.139. The quantitative estimate of drug-likeness (QED) is 0.920. The number of nitrogens with zero attached hydrogens (tertiary/aromatic N) is 2. The number of rotatable bonds is 3. The molecule has 0 saturated carbocycles. The van der Waals surface area contributed by atoms with E-state index in [1.807, 2.05) is 0 Å². The molecule has 0 aliphatic carbocycles. The molecule has 116 valence electrons. The van der Waals surface area contributed by atoms with Crippen LogP contribution in [0.5, 0.6) is 5.75 Å². The Balaban J connectivity index is 1.54. The van der Waals surface area contributed by atoms with E-state index in [1.54, 1.807) is 7.11 Å². The van der Waals surface area contributed by atoms with Crippen molar-refractivity contribution in [3.8, 4) is 5.75 Å². The molecule has 1 aromatic carbocycles. The van der Waals surface area contributed by atoms with Crippen LogP contribution >= 0.6 is 0 Å². The molecule has 0 spiro atoms. The number of nitrogens with one attached hydrogen (secondary N) is 1. The Labute approximate surface area is 128 Å². The average Bonchev–Trinajstić information content (AvgIpc) is 2.55. The third-order valence-electron chi connectivity index (χ3n) is 4.86. The third kappa shape index (κ3) is 3.50. The van der Waals surface area contributed by atoms with Crippen LogP contribution in [0.1, 0.15) is 19.8 Å². The van der Waals surface area contributed by atoms with Gasteiger partial charge < -0.3 is 15.0 Å². The van der Waals surface area contributed by atoms with Gasteiger partial charge in [-0.05, 0) is 50.6 Å². The number of piperidine rings is 1. The third-order valence-corrected chi connectivity index (χ3v) is 4.86. The maximum Gasteiger partial charge on any atom is 0.119 e. The van der Waals surface area contributed by atoms with Gasteiger partial charge in [0.05, 0.1) is 7.11 Å². The summed E-state index contributed by atoms with van der Waals surface area (Å²) in [6.45, 7) is 8.10. The van der Waals surface area contributed by atoms with Gasteiger partial charge in [-0.25, -0.2) is 0 Å². The van der Waals surface area contributed by atoms with Crippen LogP contribution in [0.25, 0.3) is 0 Å². The fraction of sp³-hybridized carbons (Fsp3) is 0.647. The fourth-order valence-electron chi connectivity index (χ4n) is 3.58. The SMILES string of the molecule is COc1ccc(N2CCN(C3CCNC(C)C3)CC2)cc1. The van der Waals surface area contributed by atoms with Crippen molar-refractivity contribution < 1.29 is 4.74 Å². The van der Waals surface area contributed by atoms with E-state index in [0.29, 0.717) is 6.04 Å². The van der Waals surface area contributed by atoms with Crippen LogP contribution in [0.15, 0.2) is 24.3 Å². The highest BCUT2D eigenvalue weighted by molar-refractivity contribution is 5.49. The van der Waals surface area contributed by atoms with Crippen LogP contribution in [0.2, 0.25) is 0 Å². The van der Waals surface area contributed by atoms with E-state index in [2.05, 4.69) is 46.3 Å². The van der Waals surface area contributed by atoms with Crippen LogP contribution in [-0.2, 0) is 0 Å². The van der Waals surface area contributed by atoms with Crippen LogP contribution in [0.3, 0.4) is 0 Å². The van der Waals surface area contributed by atoms with E-state index in [4.69, 9.17) is 4.74 Å². The second-order valence-electron chi connectivity index (χ2n) is 6.25. The highest BCUT2D eigenvalue weighted by Crippen LogP contribution is 2.23. The van der Waals surface area contributed by atoms with Gasteiger partial charge in [-0.1, -0.05) is 0 Å². The number of ether oxygens (including phenoxy) is 1. The van der Waals surface area contributed by atoms with Crippen molar-refractivity contribution in [1.29, 1.82) is 0 Å². The largest absolute Gasteiger partial charge is 0.497 e. The molecule has 4 heteroatoms. The lowest BCUT2D eigenvalue weighted by atomic mass is 9.98. The molecule has 3 rings (SSSR count). The summed E-state index contributed by atoms with van der Waals surface area (Å²) in [7, 11) is 1.72. The molecule has 2 heterocycles. The summed E-state index contributed by atoms with van der Waals surface area (Å²) in [5, 5.41) is 3.55. The number of methoxy groups -OCH3 is 1. The Kier molecular flexibility index (Phi) is 4.66. The van der Waals surface area contributed by atoms with Gasteiger partial charge >= 0.3 is 0 Å². The van der Waals surface area contributed by atoms with E-state index in [-0.39, 0.29) is 0 Å². The summed E-state index contributed by atoms with van der Waals surface area (Å²) in [6.07, 6.45) is 2.59. The maximum atomic E-state index is 5.23. The normalized spacial score (nSPS) is 27.6. The molecule has 2 unspecified atom stereocenters. The Morgan fingerprint density at radius 2 is 1.81 bits per heavy atom. The first-order valence-electron chi connectivity index (χ1n) is 8.12. The molecular formula is C17H27N3O. The first kappa shape index (κ1) is 14.7. The predicted molar refractivity (Wildman–Crippen MR) is 87.3 cm³/mol. The molecule has 0 aromatic heterocycles. The van der Waals surface area contributed by atoms with E-state index < -0.39 is 0 Å². The minimum atomic E-state index is 0.670. The van der Waals surface area contributed by atoms with Gasteiger partial charge in [-0.3, -0.25) is 4.90 Å². The lowest BCUT2D eigenvalue weighted by Gasteiger charge is -2.42. The summed E-state index contributed by atoms with van der Waals surface area (Å²) in [4.78, 5) is 5.18. The first-order chi connectivity index (χ1) is 10.3. The van der Waals surface area contributed by atoms with E-state index in [9.17, 15) is 0 Å². The van der Waals surface area contributed by atoms with Crippen LogP contribution in [0, 0.1) is 0 Å². The van der Waals surface area contributed by atoms with Crippen molar-refractivity contribution in [1.82, 2.24) is 10.2 Å². The number of hydrogen-bond acceptors (Lipinski definition) is 4. The highest BCUT2D eigenvalue weighted by atomic mass is 16.5. The monoisotopic (exact) mass is 289 g/mol. The molecule has 2 fully saturated rings. The van der Waals surface area contributed by atoms with E-state index in [1.165, 1.54) is 38.2 Å². The number of piperazine rings is 1. The zero-order chi connectivity index (χ0) is 14.7. The van der Waals surface area contributed by atoms with Crippen molar-refractivity contribution >= 4 is 5.69 Å². The molecule has 4 nitrogen and oxygen atoms in total. The maximum absolute atomic E-state index is 5.23. The van der Waals surface area contributed by atoms with Crippen molar-refractivity contribution in [2.75, 3.05) is 44.7 Å². The van der Waals surface area contributed by atoms with Crippen LogP contribution in [-0.4, -0.2) is 56.8 Å². The second-order valence-corrected chi connectivity index (χ2v) is 6.25. The number of anilines is 1. The molecule has 21 heavy (non-hydrogen) atoms. The van der Waals surface area contributed by atoms with Crippen LogP contribution in [0.4, 0.5) is 5.69 Å². The predicted octanol–water partition coefficient (Wildman–Crippen LogP) is 1.96. The Morgan fingerprint density at radius 1 is 1.10 bits per heavy atom. The topological polar surface area (TPSA) is 27.7 Å². The van der Waals surface area contributed by atoms with Gasteiger partial charge in [0, 0.05) is 44.0 Å². The van der Waals surface area contributed by atoms with Gasteiger partial charge in [0.1, 0.15) is 5.75 Å². The van der Waals surface area contributed by atoms with Gasteiger partial charge in [0.25, 0.3) is 0 Å². The van der Waals surface area contributed by atoms with Crippen molar-refractivity contribution in [3.05, 3.63) is 24.3 Å². The summed E-state index contributed by atoms with van der Waals surface area (Å²) in [6, 6.07) is 9.89. The first-order valence-corrected chi connectivity index (χ1v) is 8.12. The molecule has 0 radical (unpaired) electrons. The summed E-state index contributed by atoms with van der Waals surface area (Å²) < 4.78 is 5.23. The van der Waals surface area contributed by atoms with Crippen LogP contribution < -0.4 is 15.0 Å². The number of benzene rings is 1. The van der Waals surface area contributed by atoms with Crippen molar-refractivity contribution in [2.45, 2.75) is 31.8 Å². The summed E-state index contributed by atoms with van der Waals surface area (Å²) in [5.74, 6) is 0.932. The Morgan fingerprint density at radius 3 is 2.43 bits per heavy atom. The molecule has 1 N–H and O–H groups in total. The zero-order valence-electron chi connectivity index (χ0n) is 13.2.